The van der Waals surface area contributed by atoms with E-state index in [-0.39, 0.29) is 29.5 Å². The highest BCUT2D eigenvalue weighted by atomic mass is 16.5. The number of anilines is 3. The van der Waals surface area contributed by atoms with Crippen molar-refractivity contribution in [2.24, 2.45) is 5.92 Å². The van der Waals surface area contributed by atoms with Gasteiger partial charge in [0.05, 0.1) is 12.8 Å². The molecule has 0 unspecified atom stereocenters. The maximum Gasteiger partial charge on any atom is 0.323 e. The second kappa shape index (κ2) is 9.54. The number of piperidine rings is 1. The molecule has 3 aromatic rings. The first kappa shape index (κ1) is 22.5. The zero-order valence-electron chi connectivity index (χ0n) is 19.4. The highest BCUT2D eigenvalue weighted by Crippen LogP contribution is 2.38. The summed E-state index contributed by atoms with van der Waals surface area (Å²) < 4.78 is 6.92. The van der Waals surface area contributed by atoms with Crippen LogP contribution < -0.4 is 26.2 Å². The summed E-state index contributed by atoms with van der Waals surface area (Å²) in [5, 5.41) is 8.66. The predicted octanol–water partition coefficient (Wildman–Crippen LogP) is 4.15. The minimum absolute atomic E-state index is 0.0648. The summed E-state index contributed by atoms with van der Waals surface area (Å²) in [5.41, 5.74) is 2.60. The van der Waals surface area contributed by atoms with Gasteiger partial charge in [0.25, 0.3) is 5.56 Å². The Balaban J connectivity index is 1.34. The van der Waals surface area contributed by atoms with Crippen LogP contribution in [0, 0.1) is 5.92 Å². The fourth-order valence-electron chi connectivity index (χ4n) is 4.97. The fourth-order valence-corrected chi connectivity index (χ4v) is 4.97. The van der Waals surface area contributed by atoms with Gasteiger partial charge in [-0.05, 0) is 54.8 Å². The third-order valence-electron chi connectivity index (χ3n) is 6.50. The van der Waals surface area contributed by atoms with Crippen LogP contribution in [0.4, 0.5) is 26.7 Å². The Kier molecular flexibility index (Phi) is 6.13. The smallest absolute Gasteiger partial charge is 0.323 e. The maximum absolute atomic E-state index is 13.0. The summed E-state index contributed by atoms with van der Waals surface area (Å²) in [6.45, 7) is 1.53. The SMILES string of the molecule is COc1ccc(NC(=O)N2C[C@@H]3C[C@H](C2)c2c(NC(=O)Nc4ccccc4)ccc(=O)n2C3)cc1. The van der Waals surface area contributed by atoms with Crippen LogP contribution in [0.5, 0.6) is 5.75 Å². The van der Waals surface area contributed by atoms with Gasteiger partial charge in [-0.15, -0.1) is 0 Å². The Morgan fingerprint density at radius 3 is 2.34 bits per heavy atom. The molecule has 3 heterocycles. The molecule has 4 amide bonds. The number of ether oxygens (including phenoxy) is 1. The lowest BCUT2D eigenvalue weighted by atomic mass is 9.82. The molecule has 0 radical (unpaired) electrons. The van der Waals surface area contributed by atoms with Crippen molar-refractivity contribution in [1.82, 2.24) is 9.47 Å². The Morgan fingerprint density at radius 1 is 0.857 bits per heavy atom. The van der Waals surface area contributed by atoms with Crippen LogP contribution in [-0.4, -0.2) is 41.7 Å². The minimum atomic E-state index is -0.385. The van der Waals surface area contributed by atoms with Crippen LogP contribution in [0.3, 0.4) is 0 Å². The first-order valence-electron chi connectivity index (χ1n) is 11.6. The van der Waals surface area contributed by atoms with Crippen LogP contribution in [0.1, 0.15) is 18.0 Å². The van der Waals surface area contributed by atoms with Gasteiger partial charge >= 0.3 is 12.1 Å². The molecule has 9 heteroatoms. The van der Waals surface area contributed by atoms with Crippen molar-refractivity contribution in [3.8, 4) is 5.75 Å². The Labute approximate surface area is 202 Å². The number of hydrogen-bond acceptors (Lipinski definition) is 4. The van der Waals surface area contributed by atoms with E-state index in [1.54, 1.807) is 59.0 Å². The Morgan fingerprint density at radius 2 is 1.60 bits per heavy atom. The van der Waals surface area contributed by atoms with E-state index in [4.69, 9.17) is 4.74 Å². The van der Waals surface area contributed by atoms with Gasteiger partial charge < -0.3 is 30.2 Å². The molecular weight excluding hydrogens is 446 g/mol. The van der Waals surface area contributed by atoms with Gasteiger partial charge in [-0.3, -0.25) is 4.79 Å². The molecule has 0 saturated carbocycles. The average molecular weight is 474 g/mol. The molecule has 0 spiro atoms. The lowest BCUT2D eigenvalue weighted by molar-refractivity contribution is 0.140. The van der Waals surface area contributed by atoms with Crippen LogP contribution in [-0.2, 0) is 6.54 Å². The number of para-hydroxylation sites is 1. The van der Waals surface area contributed by atoms with Gasteiger partial charge in [-0.25, -0.2) is 9.59 Å². The number of likely N-dealkylation sites (tertiary alicyclic amines) is 1. The number of urea groups is 2. The molecule has 2 aliphatic heterocycles. The van der Waals surface area contributed by atoms with Crippen LogP contribution >= 0.6 is 0 Å². The summed E-state index contributed by atoms with van der Waals surface area (Å²) in [5.74, 6) is 0.813. The minimum Gasteiger partial charge on any atom is -0.497 e. The molecule has 1 fully saturated rings. The molecule has 35 heavy (non-hydrogen) atoms. The zero-order chi connectivity index (χ0) is 24.4. The molecule has 1 saturated heterocycles. The van der Waals surface area contributed by atoms with E-state index in [1.165, 1.54) is 6.07 Å². The van der Waals surface area contributed by atoms with Crippen molar-refractivity contribution < 1.29 is 14.3 Å². The van der Waals surface area contributed by atoms with Crippen LogP contribution in [0.15, 0.2) is 71.5 Å². The number of carbonyl (C=O) groups excluding carboxylic acids is 2. The molecular formula is C26H27N5O4. The zero-order valence-corrected chi connectivity index (χ0v) is 19.4. The van der Waals surface area contributed by atoms with Gasteiger partial charge in [0.1, 0.15) is 5.75 Å². The van der Waals surface area contributed by atoms with Crippen LogP contribution in [0.2, 0.25) is 0 Å². The van der Waals surface area contributed by atoms with E-state index >= 15 is 0 Å². The molecule has 9 nitrogen and oxygen atoms in total. The summed E-state index contributed by atoms with van der Waals surface area (Å²) in [7, 11) is 1.59. The maximum atomic E-state index is 13.0. The lowest BCUT2D eigenvalue weighted by Gasteiger charge is -2.43. The molecule has 5 rings (SSSR count). The number of amides is 4. The Hall–Kier alpha value is -4.27. The topological polar surface area (TPSA) is 105 Å². The summed E-state index contributed by atoms with van der Waals surface area (Å²) >= 11 is 0. The molecule has 0 aliphatic carbocycles. The van der Waals surface area contributed by atoms with Gasteiger partial charge in [0.2, 0.25) is 0 Å². The fraction of sp³-hybridized carbons (Fsp3) is 0.269. The number of rotatable bonds is 4. The lowest BCUT2D eigenvalue weighted by Crippen LogP contribution is -2.50. The average Bonchev–Trinajstić information content (AvgIpc) is 2.86. The largest absolute Gasteiger partial charge is 0.497 e. The van der Waals surface area contributed by atoms with Crippen molar-refractivity contribution >= 4 is 29.1 Å². The molecule has 2 atom stereocenters. The number of hydrogen-bond donors (Lipinski definition) is 3. The number of nitrogens with zero attached hydrogens (tertiary/aromatic N) is 2. The molecule has 2 aliphatic rings. The monoisotopic (exact) mass is 473 g/mol. The highest BCUT2D eigenvalue weighted by molar-refractivity contribution is 6.00. The number of nitrogens with one attached hydrogen (secondary N) is 3. The summed E-state index contributed by atoms with van der Waals surface area (Å²) in [6.07, 6.45) is 0.852. The molecule has 2 bridgehead atoms. The quantitative estimate of drug-likeness (QED) is 0.529. The molecule has 2 aromatic carbocycles. The van der Waals surface area contributed by atoms with Crippen molar-refractivity contribution in [3.05, 3.63) is 82.8 Å². The molecule has 1 aromatic heterocycles. The van der Waals surface area contributed by atoms with Crippen molar-refractivity contribution in [1.29, 1.82) is 0 Å². The molecule has 180 valence electrons. The van der Waals surface area contributed by atoms with E-state index in [0.717, 1.165) is 12.1 Å². The first-order valence-corrected chi connectivity index (χ1v) is 11.6. The number of pyridine rings is 1. The number of benzene rings is 2. The predicted molar refractivity (Wildman–Crippen MR) is 134 cm³/mol. The van der Waals surface area contributed by atoms with Crippen molar-refractivity contribution in [2.75, 3.05) is 36.1 Å². The standard InChI is InChI=1S/C26H27N5O4/c1-35-21-9-7-20(8-10-21)28-26(34)30-14-17-13-18(16-30)24-22(11-12-23(32)31(24)15-17)29-25(33)27-19-5-3-2-4-6-19/h2-12,17-18H,13-16H2,1H3,(H,28,34)(H2,27,29,33)/t17-,18+/m0/s1. The number of carbonyl (C=O) groups is 2. The second-order valence-corrected chi connectivity index (χ2v) is 8.89. The number of aromatic nitrogens is 1. The second-order valence-electron chi connectivity index (χ2n) is 8.89. The van der Waals surface area contributed by atoms with Crippen molar-refractivity contribution in [2.45, 2.75) is 18.9 Å². The first-order chi connectivity index (χ1) is 17.0. The number of methoxy groups -OCH3 is 1. The normalized spacial score (nSPS) is 18.3. The Bertz CT molecular complexity index is 1290. The third-order valence-corrected chi connectivity index (χ3v) is 6.50. The third kappa shape index (κ3) is 4.84. The van der Waals surface area contributed by atoms with Gasteiger partial charge in [-0.2, -0.15) is 0 Å². The van der Waals surface area contributed by atoms with Gasteiger partial charge in [0.15, 0.2) is 0 Å². The van der Waals surface area contributed by atoms with Crippen molar-refractivity contribution in [3.63, 3.8) is 0 Å². The van der Waals surface area contributed by atoms with E-state index in [1.807, 2.05) is 18.2 Å². The van der Waals surface area contributed by atoms with E-state index in [0.29, 0.717) is 42.4 Å². The highest BCUT2D eigenvalue weighted by Gasteiger charge is 2.38. The van der Waals surface area contributed by atoms with E-state index in [2.05, 4.69) is 16.0 Å². The summed E-state index contributed by atoms with van der Waals surface area (Å²) in [4.78, 5) is 40.1. The van der Waals surface area contributed by atoms with Gasteiger partial charge in [-0.1, -0.05) is 18.2 Å². The van der Waals surface area contributed by atoms with E-state index < -0.39 is 0 Å². The number of fused-ring (bicyclic) bond motifs is 4. The van der Waals surface area contributed by atoms with Crippen LogP contribution in [0.25, 0.3) is 0 Å². The van der Waals surface area contributed by atoms with Gasteiger partial charge in [0, 0.05) is 48.7 Å². The van der Waals surface area contributed by atoms with E-state index in [9.17, 15) is 14.4 Å². The summed E-state index contributed by atoms with van der Waals surface area (Å²) in [6, 6.07) is 18.9. The molecule has 3 N–H and O–H groups in total.